The summed E-state index contributed by atoms with van der Waals surface area (Å²) in [6, 6.07) is 10.2. The number of H-pyrrole nitrogens is 1. The van der Waals surface area contributed by atoms with E-state index in [1.165, 1.54) is 5.56 Å². The molecule has 1 unspecified atom stereocenters. The van der Waals surface area contributed by atoms with Crippen LogP contribution in [-0.4, -0.2) is 32.5 Å². The number of rotatable bonds is 2. The largest absolute Gasteiger partial charge is 0.332 e. The third kappa shape index (κ3) is 2.63. The van der Waals surface area contributed by atoms with Gasteiger partial charge >= 0.3 is 0 Å². The maximum absolute atomic E-state index is 12.9. The Morgan fingerprint density at radius 3 is 2.91 bits per heavy atom. The maximum atomic E-state index is 12.9. The predicted molar refractivity (Wildman–Crippen MR) is 91.0 cm³/mol. The van der Waals surface area contributed by atoms with Crippen molar-refractivity contribution in [3.8, 4) is 0 Å². The smallest absolute Gasteiger partial charge is 0.255 e. The van der Waals surface area contributed by atoms with Crippen molar-refractivity contribution in [2.75, 3.05) is 6.54 Å². The van der Waals surface area contributed by atoms with Crippen molar-refractivity contribution in [3.63, 3.8) is 0 Å². The summed E-state index contributed by atoms with van der Waals surface area (Å²) in [5, 5.41) is 7.61. The Bertz CT molecular complexity index is 858. The molecule has 5 nitrogen and oxygen atoms in total. The standard InChI is InChI=1S/C17H15BrN4O/c18-14-5-3-11(4-6-14)15-2-1-7-22(15)17(23)13-8-12-10-20-21-16(12)19-9-13/h3-6,8-10,15H,1-2,7H2,(H,19,20,21). The summed E-state index contributed by atoms with van der Waals surface area (Å²) in [6.07, 6.45) is 5.33. The van der Waals surface area contributed by atoms with Crippen LogP contribution >= 0.6 is 15.9 Å². The summed E-state index contributed by atoms with van der Waals surface area (Å²) in [5.74, 6) is 0.0334. The number of fused-ring (bicyclic) bond motifs is 1. The van der Waals surface area contributed by atoms with Gasteiger partial charge in [0.2, 0.25) is 0 Å². The van der Waals surface area contributed by atoms with E-state index >= 15 is 0 Å². The first-order valence-electron chi connectivity index (χ1n) is 7.58. The molecule has 116 valence electrons. The molecule has 3 aromatic rings. The normalized spacial score (nSPS) is 17.8. The van der Waals surface area contributed by atoms with Gasteiger partial charge in [0.1, 0.15) is 0 Å². The van der Waals surface area contributed by atoms with Crippen molar-refractivity contribution >= 4 is 32.9 Å². The molecule has 1 aliphatic rings. The van der Waals surface area contributed by atoms with Gasteiger partial charge in [0, 0.05) is 22.6 Å². The molecule has 0 bridgehead atoms. The van der Waals surface area contributed by atoms with Crippen LogP contribution in [0.25, 0.3) is 11.0 Å². The lowest BCUT2D eigenvalue weighted by Gasteiger charge is -2.25. The third-order valence-corrected chi connectivity index (χ3v) is 4.84. The summed E-state index contributed by atoms with van der Waals surface area (Å²) in [4.78, 5) is 19.1. The fourth-order valence-electron chi connectivity index (χ4n) is 3.16. The minimum atomic E-state index is 0.0334. The van der Waals surface area contributed by atoms with Crippen LogP contribution in [0.2, 0.25) is 0 Å². The third-order valence-electron chi connectivity index (χ3n) is 4.31. The number of halogens is 1. The average molecular weight is 371 g/mol. The number of aromatic amines is 1. The maximum Gasteiger partial charge on any atom is 0.255 e. The molecule has 1 amide bonds. The predicted octanol–water partition coefficient (Wildman–Crippen LogP) is 3.70. The number of benzene rings is 1. The molecule has 1 aromatic carbocycles. The zero-order valence-electron chi connectivity index (χ0n) is 12.4. The topological polar surface area (TPSA) is 61.9 Å². The molecule has 3 heterocycles. The van der Waals surface area contributed by atoms with Gasteiger partial charge in [0.05, 0.1) is 17.8 Å². The molecule has 1 N–H and O–H groups in total. The van der Waals surface area contributed by atoms with E-state index in [4.69, 9.17) is 0 Å². The fourth-order valence-corrected chi connectivity index (χ4v) is 3.42. The Morgan fingerprint density at radius 2 is 2.09 bits per heavy atom. The van der Waals surface area contributed by atoms with Crippen molar-refractivity contribution in [1.82, 2.24) is 20.1 Å². The van der Waals surface area contributed by atoms with Crippen LogP contribution in [0.1, 0.15) is 34.8 Å². The highest BCUT2D eigenvalue weighted by Crippen LogP contribution is 2.33. The van der Waals surface area contributed by atoms with Crippen molar-refractivity contribution in [2.24, 2.45) is 0 Å². The zero-order chi connectivity index (χ0) is 15.8. The van der Waals surface area contributed by atoms with Gasteiger partial charge in [-0.25, -0.2) is 4.98 Å². The number of nitrogens with one attached hydrogen (secondary N) is 1. The first-order chi connectivity index (χ1) is 11.2. The van der Waals surface area contributed by atoms with Crippen LogP contribution in [-0.2, 0) is 0 Å². The number of pyridine rings is 1. The number of carbonyl (C=O) groups is 1. The van der Waals surface area contributed by atoms with E-state index in [-0.39, 0.29) is 11.9 Å². The molecule has 0 saturated carbocycles. The quantitative estimate of drug-likeness (QED) is 0.747. The minimum absolute atomic E-state index is 0.0334. The summed E-state index contributed by atoms with van der Waals surface area (Å²) in [5.41, 5.74) is 2.49. The molecule has 1 fully saturated rings. The summed E-state index contributed by atoms with van der Waals surface area (Å²) >= 11 is 3.46. The van der Waals surface area contributed by atoms with Crippen LogP contribution in [0.3, 0.4) is 0 Å². The number of amides is 1. The summed E-state index contributed by atoms with van der Waals surface area (Å²) in [7, 11) is 0. The monoisotopic (exact) mass is 370 g/mol. The SMILES string of the molecule is O=C(c1cnc2[nH]ncc2c1)N1CCCC1c1ccc(Br)cc1. The van der Waals surface area contributed by atoms with Gasteiger partial charge in [-0.2, -0.15) is 5.10 Å². The summed E-state index contributed by atoms with van der Waals surface area (Å²) in [6.45, 7) is 0.781. The van der Waals surface area contributed by atoms with Crippen molar-refractivity contribution in [1.29, 1.82) is 0 Å². The molecule has 0 aliphatic carbocycles. The van der Waals surface area contributed by atoms with Crippen molar-refractivity contribution < 1.29 is 4.79 Å². The van der Waals surface area contributed by atoms with E-state index in [0.29, 0.717) is 11.2 Å². The minimum Gasteiger partial charge on any atom is -0.332 e. The molecular formula is C17H15BrN4O. The van der Waals surface area contributed by atoms with Gasteiger partial charge in [0.15, 0.2) is 5.65 Å². The average Bonchev–Trinajstić information content (AvgIpc) is 3.23. The van der Waals surface area contributed by atoms with Crippen LogP contribution in [0.15, 0.2) is 47.2 Å². The van der Waals surface area contributed by atoms with Gasteiger partial charge in [-0.15, -0.1) is 0 Å². The second kappa shape index (κ2) is 5.77. The molecule has 23 heavy (non-hydrogen) atoms. The van der Waals surface area contributed by atoms with E-state index in [1.54, 1.807) is 12.4 Å². The van der Waals surface area contributed by atoms with E-state index < -0.39 is 0 Å². The lowest BCUT2D eigenvalue weighted by Crippen LogP contribution is -2.30. The molecule has 2 aromatic heterocycles. The van der Waals surface area contributed by atoms with E-state index in [0.717, 1.165) is 29.2 Å². The van der Waals surface area contributed by atoms with Gasteiger partial charge in [0.25, 0.3) is 5.91 Å². The molecule has 0 radical (unpaired) electrons. The number of likely N-dealkylation sites (tertiary alicyclic amines) is 1. The van der Waals surface area contributed by atoms with Gasteiger partial charge < -0.3 is 4.90 Å². The first-order valence-corrected chi connectivity index (χ1v) is 8.37. The highest BCUT2D eigenvalue weighted by molar-refractivity contribution is 9.10. The molecule has 1 atom stereocenters. The second-order valence-electron chi connectivity index (χ2n) is 5.74. The molecule has 1 aliphatic heterocycles. The number of carbonyl (C=O) groups excluding carboxylic acids is 1. The van der Waals surface area contributed by atoms with Gasteiger partial charge in [-0.3, -0.25) is 9.89 Å². The molecule has 4 rings (SSSR count). The summed E-state index contributed by atoms with van der Waals surface area (Å²) < 4.78 is 1.05. The Morgan fingerprint density at radius 1 is 1.26 bits per heavy atom. The van der Waals surface area contributed by atoms with Crippen molar-refractivity contribution in [3.05, 3.63) is 58.3 Å². The lowest BCUT2D eigenvalue weighted by molar-refractivity contribution is 0.0735. The second-order valence-corrected chi connectivity index (χ2v) is 6.66. The molecule has 1 saturated heterocycles. The number of hydrogen-bond acceptors (Lipinski definition) is 3. The molecule has 0 spiro atoms. The molecule has 6 heteroatoms. The first kappa shape index (κ1) is 14.4. The highest BCUT2D eigenvalue weighted by atomic mass is 79.9. The Kier molecular flexibility index (Phi) is 3.61. The highest BCUT2D eigenvalue weighted by Gasteiger charge is 2.30. The van der Waals surface area contributed by atoms with Crippen LogP contribution < -0.4 is 0 Å². The zero-order valence-corrected chi connectivity index (χ0v) is 14.0. The lowest BCUT2D eigenvalue weighted by atomic mass is 10.0. The van der Waals surface area contributed by atoms with E-state index in [1.807, 2.05) is 23.1 Å². The number of aromatic nitrogens is 3. The van der Waals surface area contributed by atoms with Crippen LogP contribution in [0, 0.1) is 0 Å². The van der Waals surface area contributed by atoms with Crippen LogP contribution in [0.5, 0.6) is 0 Å². The van der Waals surface area contributed by atoms with Crippen LogP contribution in [0.4, 0.5) is 0 Å². The van der Waals surface area contributed by atoms with Crippen molar-refractivity contribution in [2.45, 2.75) is 18.9 Å². The van der Waals surface area contributed by atoms with E-state index in [2.05, 4.69) is 43.2 Å². The number of hydrogen-bond donors (Lipinski definition) is 1. The Labute approximate surface area is 141 Å². The Balaban J connectivity index is 1.64. The Hall–Kier alpha value is -2.21. The number of nitrogens with zero attached hydrogens (tertiary/aromatic N) is 3. The van der Waals surface area contributed by atoms with E-state index in [9.17, 15) is 4.79 Å². The molecular weight excluding hydrogens is 356 g/mol. The van der Waals surface area contributed by atoms with Gasteiger partial charge in [-0.1, -0.05) is 28.1 Å². The van der Waals surface area contributed by atoms with Gasteiger partial charge in [-0.05, 0) is 36.6 Å². The fraction of sp³-hybridized carbons (Fsp3) is 0.235.